The maximum atomic E-state index is 13.4. The predicted octanol–water partition coefficient (Wildman–Crippen LogP) is 6.42. The molecule has 8 heteroatoms. The van der Waals surface area contributed by atoms with Crippen molar-refractivity contribution in [1.82, 2.24) is 5.32 Å². The molecule has 1 atom stereocenters. The molecule has 6 nitrogen and oxygen atoms in total. The number of hydrogen-bond donors (Lipinski definition) is 2. The smallest absolute Gasteiger partial charge is 0.337 e. The zero-order valence-corrected chi connectivity index (χ0v) is 22.5. The molecule has 0 fully saturated rings. The second-order valence-electron chi connectivity index (χ2n) is 8.51. The highest BCUT2D eigenvalue weighted by Crippen LogP contribution is 2.45. The zero-order valence-electron chi connectivity index (χ0n) is 21.0. The molecule has 2 N–H and O–H groups in total. The van der Waals surface area contributed by atoms with Gasteiger partial charge in [0.1, 0.15) is 0 Å². The maximum Gasteiger partial charge on any atom is 0.337 e. The number of esters is 1. The van der Waals surface area contributed by atoms with E-state index in [4.69, 9.17) is 16.3 Å². The summed E-state index contributed by atoms with van der Waals surface area (Å²) in [5.41, 5.74) is 4.21. The first-order valence-corrected chi connectivity index (χ1v) is 13.4. The van der Waals surface area contributed by atoms with Gasteiger partial charge >= 0.3 is 5.97 Å². The summed E-state index contributed by atoms with van der Waals surface area (Å²) in [5.74, 6) is -1.50. The van der Waals surface area contributed by atoms with Gasteiger partial charge in [0, 0.05) is 10.7 Å². The molecule has 1 aliphatic rings. The number of dihydropyridines is 1. The third-order valence-corrected chi connectivity index (χ3v) is 7.27. The Labute approximate surface area is 231 Å². The molecule has 38 heavy (non-hydrogen) atoms. The number of rotatable bonds is 8. The fraction of sp³-hybridized carbons (Fsp3) is 0.167. The number of nitrogens with one attached hydrogen (secondary N) is 2. The largest absolute Gasteiger partial charge is 0.463 e. The van der Waals surface area contributed by atoms with Crippen LogP contribution in [0.2, 0.25) is 5.02 Å². The monoisotopic (exact) mass is 543 g/mol. The molecule has 1 amide bonds. The number of thioether (sulfide) groups is 1. The van der Waals surface area contributed by atoms with Gasteiger partial charge in [-0.05, 0) is 43.2 Å². The van der Waals surface area contributed by atoms with Gasteiger partial charge in [0.15, 0.2) is 0 Å². The molecule has 3 aromatic carbocycles. The van der Waals surface area contributed by atoms with E-state index in [0.717, 1.165) is 11.1 Å². The molecule has 1 heterocycles. The number of nitriles is 1. The van der Waals surface area contributed by atoms with E-state index < -0.39 is 11.9 Å². The third kappa shape index (κ3) is 6.10. The predicted molar refractivity (Wildman–Crippen MR) is 152 cm³/mol. The number of halogens is 1. The summed E-state index contributed by atoms with van der Waals surface area (Å²) in [6, 6.07) is 26.3. The number of carbonyl (C=O) groups excluding carboxylic acids is 2. The number of hydrogen-bond acceptors (Lipinski definition) is 6. The van der Waals surface area contributed by atoms with Crippen molar-refractivity contribution in [2.75, 3.05) is 17.7 Å². The Bertz CT molecular complexity index is 1440. The number of aryl methyl sites for hydroxylation is 1. The van der Waals surface area contributed by atoms with Crippen LogP contribution in [0.5, 0.6) is 0 Å². The molecule has 0 unspecified atom stereocenters. The van der Waals surface area contributed by atoms with Crippen LogP contribution in [0.25, 0.3) is 5.70 Å². The summed E-state index contributed by atoms with van der Waals surface area (Å²) >= 11 is 7.79. The summed E-state index contributed by atoms with van der Waals surface area (Å²) in [7, 11) is 0. The van der Waals surface area contributed by atoms with Crippen molar-refractivity contribution in [1.29, 1.82) is 5.26 Å². The van der Waals surface area contributed by atoms with E-state index in [1.807, 2.05) is 67.6 Å². The molecule has 4 rings (SSSR count). The molecule has 0 aliphatic carbocycles. The quantitative estimate of drug-likeness (QED) is 0.319. The Morgan fingerprint density at radius 3 is 2.39 bits per heavy atom. The van der Waals surface area contributed by atoms with Crippen LogP contribution in [0.3, 0.4) is 0 Å². The first kappa shape index (κ1) is 27.1. The number of nitrogens with zero attached hydrogens (tertiary/aromatic N) is 1. The number of ether oxygens (including phenoxy) is 1. The van der Waals surface area contributed by atoms with E-state index in [1.165, 1.54) is 11.8 Å². The van der Waals surface area contributed by atoms with Gasteiger partial charge in [0.2, 0.25) is 5.91 Å². The lowest BCUT2D eigenvalue weighted by Gasteiger charge is -2.31. The molecule has 0 bridgehead atoms. The molecule has 0 spiro atoms. The van der Waals surface area contributed by atoms with Crippen LogP contribution in [0, 0.1) is 18.3 Å². The lowest BCUT2D eigenvalue weighted by atomic mass is 9.81. The van der Waals surface area contributed by atoms with E-state index in [9.17, 15) is 14.9 Å². The Morgan fingerprint density at radius 1 is 1.05 bits per heavy atom. The third-order valence-electron chi connectivity index (χ3n) is 5.91. The van der Waals surface area contributed by atoms with Crippen molar-refractivity contribution in [3.63, 3.8) is 0 Å². The highest BCUT2D eigenvalue weighted by Gasteiger charge is 2.38. The second kappa shape index (κ2) is 12.5. The van der Waals surface area contributed by atoms with Crippen molar-refractivity contribution in [3.05, 3.63) is 117 Å². The number of amides is 1. The average molecular weight is 544 g/mol. The maximum absolute atomic E-state index is 13.4. The molecule has 1 aliphatic heterocycles. The molecule has 0 saturated carbocycles. The van der Waals surface area contributed by atoms with E-state index in [0.29, 0.717) is 27.0 Å². The summed E-state index contributed by atoms with van der Waals surface area (Å²) in [6.07, 6.45) is 0. The van der Waals surface area contributed by atoms with Gasteiger partial charge in [-0.2, -0.15) is 5.26 Å². The van der Waals surface area contributed by atoms with E-state index in [2.05, 4.69) is 16.7 Å². The standard InChI is InChI=1S/C30H26ClN3O3S/c1-3-37-30(36)27-26(22-11-7-8-12-24(22)31)23(17-32)29(34-28(27)20-9-5-4-6-10-20)38-18-25(35)33-21-15-13-19(2)14-16-21/h4-16,26,34H,3,18H2,1-2H3,(H,33,35)/t26-/m0/s1. The summed E-state index contributed by atoms with van der Waals surface area (Å²) in [4.78, 5) is 26.1. The van der Waals surface area contributed by atoms with Gasteiger partial charge in [0.05, 0.1) is 46.2 Å². The lowest BCUT2D eigenvalue weighted by Crippen LogP contribution is -2.30. The van der Waals surface area contributed by atoms with Crippen molar-refractivity contribution in [3.8, 4) is 6.07 Å². The number of benzene rings is 3. The molecule has 192 valence electrons. The Kier molecular flexibility index (Phi) is 8.90. The molecule has 0 radical (unpaired) electrons. The van der Waals surface area contributed by atoms with Crippen LogP contribution in [0.4, 0.5) is 5.69 Å². The zero-order chi connectivity index (χ0) is 27.1. The molecule has 0 aromatic heterocycles. The highest BCUT2D eigenvalue weighted by atomic mass is 35.5. The fourth-order valence-electron chi connectivity index (χ4n) is 4.15. The minimum absolute atomic E-state index is 0.0490. The lowest BCUT2D eigenvalue weighted by molar-refractivity contribution is -0.138. The second-order valence-corrected chi connectivity index (χ2v) is 9.90. The first-order valence-electron chi connectivity index (χ1n) is 12.0. The van der Waals surface area contributed by atoms with Crippen molar-refractivity contribution in [2.45, 2.75) is 19.8 Å². The van der Waals surface area contributed by atoms with Crippen LogP contribution in [0.1, 0.15) is 29.5 Å². The van der Waals surface area contributed by atoms with Gasteiger partial charge < -0.3 is 15.4 Å². The molecular formula is C30H26ClN3O3S. The van der Waals surface area contributed by atoms with Gasteiger partial charge in [0.25, 0.3) is 0 Å². The topological polar surface area (TPSA) is 91.2 Å². The van der Waals surface area contributed by atoms with Crippen LogP contribution in [-0.2, 0) is 14.3 Å². The minimum atomic E-state index is -0.785. The Hall–Kier alpha value is -3.99. The van der Waals surface area contributed by atoms with Gasteiger partial charge in [-0.1, -0.05) is 89.6 Å². The SMILES string of the molecule is CCOC(=O)C1=C(c2ccccc2)NC(SCC(=O)Nc2ccc(C)cc2)=C(C#N)[C@@H]1c1ccccc1Cl. The normalized spacial score (nSPS) is 14.9. The van der Waals surface area contributed by atoms with Crippen molar-refractivity contribution < 1.29 is 14.3 Å². The summed E-state index contributed by atoms with van der Waals surface area (Å²) in [5, 5.41) is 17.4. The summed E-state index contributed by atoms with van der Waals surface area (Å²) in [6.45, 7) is 3.88. The number of anilines is 1. The van der Waals surface area contributed by atoms with Gasteiger partial charge in [-0.3, -0.25) is 4.79 Å². The van der Waals surface area contributed by atoms with Gasteiger partial charge in [-0.25, -0.2) is 4.79 Å². The van der Waals surface area contributed by atoms with Crippen LogP contribution in [-0.4, -0.2) is 24.2 Å². The van der Waals surface area contributed by atoms with Crippen LogP contribution >= 0.6 is 23.4 Å². The van der Waals surface area contributed by atoms with E-state index >= 15 is 0 Å². The minimum Gasteiger partial charge on any atom is -0.463 e. The molecular weight excluding hydrogens is 518 g/mol. The van der Waals surface area contributed by atoms with Gasteiger partial charge in [-0.15, -0.1) is 0 Å². The number of allylic oxidation sites excluding steroid dienone is 1. The first-order chi connectivity index (χ1) is 18.4. The van der Waals surface area contributed by atoms with Crippen molar-refractivity contribution >= 4 is 46.6 Å². The van der Waals surface area contributed by atoms with Crippen molar-refractivity contribution in [2.24, 2.45) is 0 Å². The molecule has 3 aromatic rings. The highest BCUT2D eigenvalue weighted by molar-refractivity contribution is 8.03. The fourth-order valence-corrected chi connectivity index (χ4v) is 5.24. The van der Waals surface area contributed by atoms with E-state index in [1.54, 1.807) is 25.1 Å². The Morgan fingerprint density at radius 2 is 1.74 bits per heavy atom. The Balaban J connectivity index is 1.76. The summed E-state index contributed by atoms with van der Waals surface area (Å²) < 4.78 is 5.44. The number of carbonyl (C=O) groups is 2. The van der Waals surface area contributed by atoms with Crippen LogP contribution < -0.4 is 10.6 Å². The van der Waals surface area contributed by atoms with Crippen LogP contribution in [0.15, 0.2) is 95.0 Å². The van der Waals surface area contributed by atoms with E-state index in [-0.39, 0.29) is 29.4 Å². The molecule has 0 saturated heterocycles. The average Bonchev–Trinajstić information content (AvgIpc) is 2.93.